The zero-order valence-corrected chi connectivity index (χ0v) is 42.2. The molecule has 4 aromatic heterocycles. The lowest BCUT2D eigenvalue weighted by molar-refractivity contribution is 0.0129. The maximum atomic E-state index is 12.3. The molecule has 0 spiro atoms. The lowest BCUT2D eigenvalue weighted by Crippen LogP contribution is -2.49. The van der Waals surface area contributed by atoms with Crippen molar-refractivity contribution in [2.75, 3.05) is 52.4 Å². The van der Waals surface area contributed by atoms with E-state index < -0.39 is 18.3 Å². The minimum absolute atomic E-state index is 0.177. The monoisotopic (exact) mass is 1010 g/mol. The smallest absolute Gasteiger partial charge is 0.465 e. The number of benzene rings is 4. The van der Waals surface area contributed by atoms with Gasteiger partial charge >= 0.3 is 19.3 Å². The minimum atomic E-state index is -1.53. The van der Waals surface area contributed by atoms with Gasteiger partial charge in [0.15, 0.2) is 0 Å². The molecule has 0 aliphatic carbocycles. The summed E-state index contributed by atoms with van der Waals surface area (Å²) in [6, 6.07) is 32.1. The average Bonchev–Trinajstić information content (AvgIpc) is 3.97. The number of nitrogens with zero attached hydrogens (tertiary/aromatic N) is 6. The van der Waals surface area contributed by atoms with Gasteiger partial charge in [0.2, 0.25) is 0 Å². The Bertz CT molecular complexity index is 3010. The number of aromatic nitrogens is 2. The SMILES string of the molecule is CC(C)(C)OC(=O)N1CCN(Cc2ccc3cncc(-c4cc5ccccc5o4)c3c2)CC1.CC(C)(C)OC(=O)N1CCN(Cc2ccc3cncc(Br)c3c2)CC1.OB(O)c1cc2ccccc2o1. The number of fused-ring (bicyclic) bond motifs is 4. The molecule has 14 nitrogen and oxygen atoms in total. The van der Waals surface area contributed by atoms with Crippen LogP contribution in [0.5, 0.6) is 0 Å². The van der Waals surface area contributed by atoms with Crippen LogP contribution in [0.15, 0.2) is 135 Å². The van der Waals surface area contributed by atoms with E-state index in [-0.39, 0.29) is 17.8 Å². The van der Waals surface area contributed by atoms with Crippen molar-refractivity contribution in [1.82, 2.24) is 29.6 Å². The lowest BCUT2D eigenvalue weighted by atomic mass is 9.88. The van der Waals surface area contributed by atoms with Crippen molar-refractivity contribution in [3.63, 3.8) is 0 Å². The lowest BCUT2D eigenvalue weighted by Gasteiger charge is -2.35. The van der Waals surface area contributed by atoms with Crippen LogP contribution in [0, 0.1) is 0 Å². The molecule has 0 bridgehead atoms. The first kappa shape index (κ1) is 50.1. The fourth-order valence-corrected chi connectivity index (χ4v) is 8.83. The van der Waals surface area contributed by atoms with Gasteiger partial charge in [-0.3, -0.25) is 19.8 Å². The Morgan fingerprint density at radius 1 is 0.586 bits per heavy atom. The number of carbonyl (C=O) groups excluding carboxylic acids is 2. The standard InChI is InChI=1S/C27H29N3O3.C19H24BrN3O2.C8H7BO3/c1-27(2,3)33-26(31)30-12-10-29(11-13-30)18-19-8-9-21-16-28-17-23(22(21)14-19)25-15-20-6-4-5-7-24(20)32-25;1-19(2,3)25-18(24)23-8-6-22(7-9-23)13-14-4-5-15-11-21-12-17(20)16(15)10-14;10-9(11)8-5-6-3-1-2-4-7(6)12-8/h4-9,14-17H,10-13,18H2,1-3H3;4-5,10-12H,6-9,13H2,1-3H3;1-5,10-11H. The van der Waals surface area contributed by atoms with Gasteiger partial charge in [0.25, 0.3) is 0 Å². The van der Waals surface area contributed by atoms with Crippen molar-refractivity contribution >= 4 is 84.4 Å². The van der Waals surface area contributed by atoms with Crippen LogP contribution < -0.4 is 5.66 Å². The Morgan fingerprint density at radius 2 is 1.06 bits per heavy atom. The van der Waals surface area contributed by atoms with Crippen LogP contribution in [0.1, 0.15) is 52.7 Å². The maximum Gasteiger partial charge on any atom is 0.526 e. The summed E-state index contributed by atoms with van der Waals surface area (Å²) in [7, 11) is -1.53. The van der Waals surface area contributed by atoms with Gasteiger partial charge in [0.1, 0.15) is 33.8 Å². The third-order valence-electron chi connectivity index (χ3n) is 11.9. The third-order valence-corrected chi connectivity index (χ3v) is 12.5. The highest BCUT2D eigenvalue weighted by Crippen LogP contribution is 2.33. The van der Waals surface area contributed by atoms with Gasteiger partial charge in [-0.25, -0.2) is 9.59 Å². The van der Waals surface area contributed by atoms with E-state index in [1.54, 1.807) is 21.9 Å². The topological polar surface area (TPSA) is 158 Å². The van der Waals surface area contributed by atoms with Crippen LogP contribution in [-0.4, -0.2) is 122 Å². The first-order chi connectivity index (χ1) is 33.4. The molecule has 2 saturated heterocycles. The second-order valence-electron chi connectivity index (χ2n) is 19.6. The molecule has 70 heavy (non-hydrogen) atoms. The zero-order valence-electron chi connectivity index (χ0n) is 40.6. The fraction of sp³-hybridized carbons (Fsp3) is 0.333. The second-order valence-corrected chi connectivity index (χ2v) is 20.5. The molecule has 0 unspecified atom stereocenters. The number of halogens is 1. The highest BCUT2D eigenvalue weighted by Gasteiger charge is 2.27. The van der Waals surface area contributed by atoms with E-state index >= 15 is 0 Å². The van der Waals surface area contributed by atoms with Gasteiger partial charge in [0, 0.05) is 122 Å². The molecule has 16 heteroatoms. The Kier molecular flexibility index (Phi) is 15.6. The van der Waals surface area contributed by atoms with Crippen LogP contribution in [0.3, 0.4) is 0 Å². The van der Waals surface area contributed by atoms with Gasteiger partial charge in [-0.2, -0.15) is 0 Å². The molecule has 2 aliphatic heterocycles. The number of rotatable bonds is 6. The number of para-hydroxylation sites is 2. The molecule has 364 valence electrons. The summed E-state index contributed by atoms with van der Waals surface area (Å²) in [5.74, 6) is 0.831. The first-order valence-corrected chi connectivity index (χ1v) is 24.4. The first-order valence-electron chi connectivity index (χ1n) is 23.6. The van der Waals surface area contributed by atoms with Crippen molar-refractivity contribution in [3.05, 3.63) is 137 Å². The number of carbonyl (C=O) groups is 2. The summed E-state index contributed by atoms with van der Waals surface area (Å²) >= 11 is 3.57. The number of ether oxygens (including phenoxy) is 2. The van der Waals surface area contributed by atoms with Crippen molar-refractivity contribution in [3.8, 4) is 11.3 Å². The van der Waals surface area contributed by atoms with Gasteiger partial charge < -0.3 is 38.2 Å². The van der Waals surface area contributed by atoms with Crippen molar-refractivity contribution in [2.45, 2.75) is 65.8 Å². The molecule has 2 amide bonds. The fourth-order valence-electron chi connectivity index (χ4n) is 8.37. The van der Waals surface area contributed by atoms with E-state index in [0.29, 0.717) is 31.8 Å². The van der Waals surface area contributed by atoms with Gasteiger partial charge in [-0.15, -0.1) is 0 Å². The Balaban J connectivity index is 0.000000156. The average molecular weight is 1010 g/mol. The van der Waals surface area contributed by atoms with Gasteiger partial charge in [-0.1, -0.05) is 60.7 Å². The molecule has 0 atom stereocenters. The maximum absolute atomic E-state index is 12.3. The van der Waals surface area contributed by atoms with E-state index in [1.807, 2.05) is 103 Å². The molecular formula is C54H60BBrN6O8. The summed E-state index contributed by atoms with van der Waals surface area (Å²) in [4.78, 5) is 41.5. The molecule has 2 fully saturated rings. The molecule has 2 N–H and O–H groups in total. The van der Waals surface area contributed by atoms with E-state index in [0.717, 1.165) is 87.6 Å². The number of piperazine rings is 2. The summed E-state index contributed by atoms with van der Waals surface area (Å²) in [6.45, 7) is 19.2. The number of hydrogen-bond acceptors (Lipinski definition) is 12. The third kappa shape index (κ3) is 13.1. The number of amides is 2. The van der Waals surface area contributed by atoms with Crippen LogP contribution >= 0.6 is 15.9 Å². The van der Waals surface area contributed by atoms with Crippen LogP contribution in [0.25, 0.3) is 54.8 Å². The summed E-state index contributed by atoms with van der Waals surface area (Å²) in [6.07, 6.45) is 7.04. The molecular weight excluding hydrogens is 951 g/mol. The van der Waals surface area contributed by atoms with Crippen molar-refractivity contribution in [2.24, 2.45) is 0 Å². The summed E-state index contributed by atoms with van der Waals surface area (Å²) < 4.78 is 23.2. The molecule has 2 aliphatic rings. The van der Waals surface area contributed by atoms with E-state index in [2.05, 4.69) is 84.2 Å². The normalized spacial score (nSPS) is 14.8. The van der Waals surface area contributed by atoms with E-state index in [4.69, 9.17) is 28.4 Å². The van der Waals surface area contributed by atoms with Gasteiger partial charge in [-0.05, 0) is 116 Å². The minimum Gasteiger partial charge on any atom is -0.465 e. The molecule has 0 radical (unpaired) electrons. The second kappa shape index (κ2) is 21.8. The molecule has 8 aromatic rings. The Labute approximate surface area is 417 Å². The number of furan rings is 2. The highest BCUT2D eigenvalue weighted by atomic mass is 79.9. The summed E-state index contributed by atoms with van der Waals surface area (Å²) in [5.41, 5.74) is 4.32. The Hall–Kier alpha value is -6.30. The highest BCUT2D eigenvalue weighted by molar-refractivity contribution is 9.10. The molecule has 4 aromatic carbocycles. The van der Waals surface area contributed by atoms with E-state index in [1.165, 1.54) is 16.5 Å². The largest absolute Gasteiger partial charge is 0.526 e. The number of hydrogen-bond donors (Lipinski definition) is 2. The van der Waals surface area contributed by atoms with Crippen LogP contribution in [-0.2, 0) is 22.6 Å². The quantitative estimate of drug-likeness (QED) is 0.152. The van der Waals surface area contributed by atoms with Crippen molar-refractivity contribution < 1.29 is 37.9 Å². The Morgan fingerprint density at radius 3 is 1.56 bits per heavy atom. The van der Waals surface area contributed by atoms with Gasteiger partial charge in [0.05, 0.1) is 0 Å². The molecule has 10 rings (SSSR count). The molecule has 6 heterocycles. The van der Waals surface area contributed by atoms with E-state index in [9.17, 15) is 9.59 Å². The van der Waals surface area contributed by atoms with Crippen LogP contribution in [0.2, 0.25) is 0 Å². The predicted octanol–water partition coefficient (Wildman–Crippen LogP) is 9.86. The van der Waals surface area contributed by atoms with Crippen molar-refractivity contribution in [1.29, 1.82) is 0 Å². The predicted molar refractivity (Wildman–Crippen MR) is 279 cm³/mol. The molecule has 0 saturated carbocycles. The summed E-state index contributed by atoms with van der Waals surface area (Å²) in [5, 5.41) is 24.1. The van der Waals surface area contributed by atoms with Crippen LogP contribution in [0.4, 0.5) is 9.59 Å². The number of pyridine rings is 2. The zero-order chi connectivity index (χ0) is 49.6.